The molecule has 5 amide bonds. The molecule has 1 aromatic rings. The lowest BCUT2D eigenvalue weighted by Gasteiger charge is -2.32. The van der Waals surface area contributed by atoms with Crippen LogP contribution in [0, 0.1) is 5.92 Å². The van der Waals surface area contributed by atoms with Gasteiger partial charge in [-0.25, -0.2) is 9.59 Å². The molecule has 0 aromatic heterocycles. The Morgan fingerprint density at radius 2 is 1.79 bits per heavy atom. The van der Waals surface area contributed by atoms with E-state index < -0.39 is 0 Å². The van der Waals surface area contributed by atoms with E-state index in [2.05, 4.69) is 21.3 Å². The minimum atomic E-state index is -0.278. The summed E-state index contributed by atoms with van der Waals surface area (Å²) in [4.78, 5) is 38.2. The highest BCUT2D eigenvalue weighted by atomic mass is 16.5. The zero-order chi connectivity index (χ0) is 21.2. The van der Waals surface area contributed by atoms with Gasteiger partial charge in [-0.3, -0.25) is 4.79 Å². The summed E-state index contributed by atoms with van der Waals surface area (Å²) in [5, 5.41) is 11.2. The van der Waals surface area contributed by atoms with Crippen LogP contribution in [0.2, 0.25) is 0 Å². The number of amides is 5. The van der Waals surface area contributed by atoms with Gasteiger partial charge in [0.25, 0.3) is 0 Å². The van der Waals surface area contributed by atoms with E-state index in [-0.39, 0.29) is 29.9 Å². The number of hydrogen-bond acceptors (Lipinski definition) is 4. The molecule has 1 aliphatic heterocycles. The number of rotatable bonds is 7. The van der Waals surface area contributed by atoms with Crippen LogP contribution in [-0.2, 0) is 9.53 Å². The molecule has 1 atom stereocenters. The number of ether oxygens (including phenoxy) is 1. The Balaban J connectivity index is 1.84. The van der Waals surface area contributed by atoms with Crippen LogP contribution in [0.15, 0.2) is 24.3 Å². The van der Waals surface area contributed by atoms with Crippen LogP contribution in [0.4, 0.5) is 21.0 Å². The van der Waals surface area contributed by atoms with Crippen molar-refractivity contribution in [2.24, 2.45) is 5.92 Å². The number of urea groups is 2. The molecule has 1 aromatic carbocycles. The van der Waals surface area contributed by atoms with Gasteiger partial charge in [-0.05, 0) is 51.0 Å². The largest absolute Gasteiger partial charge is 0.383 e. The summed E-state index contributed by atoms with van der Waals surface area (Å²) in [6.45, 7) is 5.70. The molecule has 9 nitrogen and oxygen atoms in total. The van der Waals surface area contributed by atoms with Gasteiger partial charge in [0.05, 0.1) is 12.5 Å². The zero-order valence-corrected chi connectivity index (χ0v) is 17.3. The van der Waals surface area contributed by atoms with Gasteiger partial charge in [0, 0.05) is 44.2 Å². The van der Waals surface area contributed by atoms with Crippen molar-refractivity contribution in [2.45, 2.75) is 32.7 Å². The molecule has 0 saturated carbocycles. The Labute approximate surface area is 171 Å². The van der Waals surface area contributed by atoms with Gasteiger partial charge in [-0.2, -0.15) is 0 Å². The predicted molar refractivity (Wildman–Crippen MR) is 112 cm³/mol. The molecular weight excluding hydrogens is 374 g/mol. The van der Waals surface area contributed by atoms with Crippen LogP contribution >= 0.6 is 0 Å². The Bertz CT molecular complexity index is 693. The summed E-state index contributed by atoms with van der Waals surface area (Å²) < 4.78 is 4.94. The minimum absolute atomic E-state index is 0.0454. The van der Waals surface area contributed by atoms with Gasteiger partial charge in [-0.1, -0.05) is 0 Å². The van der Waals surface area contributed by atoms with Crippen LogP contribution < -0.4 is 21.3 Å². The molecule has 2 rings (SSSR count). The number of hydrogen-bond donors (Lipinski definition) is 4. The molecule has 0 spiro atoms. The molecule has 1 heterocycles. The van der Waals surface area contributed by atoms with Crippen molar-refractivity contribution < 1.29 is 19.1 Å². The molecule has 160 valence electrons. The first-order valence-corrected chi connectivity index (χ1v) is 9.89. The quantitative estimate of drug-likeness (QED) is 0.521. The average Bonchev–Trinajstić information content (AvgIpc) is 2.69. The van der Waals surface area contributed by atoms with Gasteiger partial charge < -0.3 is 30.9 Å². The fourth-order valence-corrected chi connectivity index (χ4v) is 3.07. The van der Waals surface area contributed by atoms with Crippen LogP contribution in [0.25, 0.3) is 0 Å². The maximum Gasteiger partial charge on any atom is 0.321 e. The fourth-order valence-electron chi connectivity index (χ4n) is 3.07. The van der Waals surface area contributed by atoms with Crippen molar-refractivity contribution in [2.75, 3.05) is 44.0 Å². The first-order valence-electron chi connectivity index (χ1n) is 9.89. The van der Waals surface area contributed by atoms with Crippen molar-refractivity contribution in [3.8, 4) is 0 Å². The molecule has 0 radical (unpaired) electrons. The van der Waals surface area contributed by atoms with Crippen molar-refractivity contribution in [1.29, 1.82) is 0 Å². The highest BCUT2D eigenvalue weighted by molar-refractivity contribution is 5.92. The summed E-state index contributed by atoms with van der Waals surface area (Å²) in [6.07, 6.45) is 1.55. The van der Waals surface area contributed by atoms with Gasteiger partial charge in [0.2, 0.25) is 5.91 Å². The normalized spacial score (nSPS) is 16.3. The second-order valence-electron chi connectivity index (χ2n) is 7.33. The van der Waals surface area contributed by atoms with Gasteiger partial charge in [-0.15, -0.1) is 0 Å². The monoisotopic (exact) mass is 405 g/mol. The van der Waals surface area contributed by atoms with Crippen molar-refractivity contribution >= 4 is 29.3 Å². The van der Waals surface area contributed by atoms with E-state index in [1.54, 1.807) is 36.3 Å². The zero-order valence-electron chi connectivity index (χ0n) is 17.3. The minimum Gasteiger partial charge on any atom is -0.383 e. The molecule has 9 heteroatoms. The Morgan fingerprint density at radius 3 is 2.41 bits per heavy atom. The summed E-state index contributed by atoms with van der Waals surface area (Å²) in [7, 11) is 1.59. The highest BCUT2D eigenvalue weighted by Gasteiger charge is 2.28. The lowest BCUT2D eigenvalue weighted by atomic mass is 9.97. The number of piperidine rings is 1. The van der Waals surface area contributed by atoms with E-state index >= 15 is 0 Å². The molecule has 1 fully saturated rings. The number of nitrogens with one attached hydrogen (secondary N) is 4. The van der Waals surface area contributed by atoms with Gasteiger partial charge in [0.15, 0.2) is 0 Å². The SMILES string of the molecule is COCCNC(=O)[C@H]1CCCN(C(=O)Nc2ccc(NC(=O)NC(C)C)cc2)C1. The van der Waals surface area contributed by atoms with Crippen LogP contribution in [-0.4, -0.2) is 62.3 Å². The summed E-state index contributed by atoms with van der Waals surface area (Å²) >= 11 is 0. The van der Waals surface area contributed by atoms with Crippen molar-refractivity contribution in [1.82, 2.24) is 15.5 Å². The Morgan fingerprint density at radius 1 is 1.14 bits per heavy atom. The topological polar surface area (TPSA) is 112 Å². The molecule has 1 aliphatic rings. The molecule has 1 saturated heterocycles. The number of benzene rings is 1. The lowest BCUT2D eigenvalue weighted by molar-refractivity contribution is -0.126. The van der Waals surface area contributed by atoms with Crippen LogP contribution in [0.5, 0.6) is 0 Å². The first kappa shape index (κ1) is 22.5. The molecule has 0 unspecified atom stereocenters. The Kier molecular flexibility index (Phi) is 8.72. The van der Waals surface area contributed by atoms with Crippen LogP contribution in [0.1, 0.15) is 26.7 Å². The van der Waals surface area contributed by atoms with E-state index in [9.17, 15) is 14.4 Å². The van der Waals surface area contributed by atoms with Gasteiger partial charge >= 0.3 is 12.1 Å². The van der Waals surface area contributed by atoms with E-state index in [4.69, 9.17) is 4.74 Å². The maximum atomic E-state index is 12.6. The molecule has 4 N–H and O–H groups in total. The molecular formula is C20H31N5O4. The highest BCUT2D eigenvalue weighted by Crippen LogP contribution is 2.19. The van der Waals surface area contributed by atoms with Crippen LogP contribution in [0.3, 0.4) is 0 Å². The second-order valence-corrected chi connectivity index (χ2v) is 7.33. The number of anilines is 2. The predicted octanol–water partition coefficient (Wildman–Crippen LogP) is 2.22. The van der Waals surface area contributed by atoms with E-state index in [1.165, 1.54) is 0 Å². The first-order chi connectivity index (χ1) is 13.9. The smallest absolute Gasteiger partial charge is 0.321 e. The average molecular weight is 405 g/mol. The van der Waals surface area contributed by atoms with E-state index in [1.807, 2.05) is 13.8 Å². The van der Waals surface area contributed by atoms with Gasteiger partial charge in [0.1, 0.15) is 0 Å². The summed E-state index contributed by atoms with van der Waals surface area (Å²) in [6, 6.07) is 6.42. The lowest BCUT2D eigenvalue weighted by Crippen LogP contribution is -2.47. The maximum absolute atomic E-state index is 12.6. The third-order valence-electron chi connectivity index (χ3n) is 4.50. The number of carbonyl (C=O) groups is 3. The number of carbonyl (C=O) groups excluding carboxylic acids is 3. The third-order valence-corrected chi connectivity index (χ3v) is 4.50. The van der Waals surface area contributed by atoms with Crippen molar-refractivity contribution in [3.05, 3.63) is 24.3 Å². The summed E-state index contributed by atoms with van der Waals surface area (Å²) in [5.74, 6) is -0.257. The standard InChI is InChI=1S/C20H31N5O4/c1-14(2)22-19(27)23-16-6-8-17(9-7-16)24-20(28)25-11-4-5-15(13-25)18(26)21-10-12-29-3/h6-9,14-15H,4-5,10-13H2,1-3H3,(H,21,26)(H,24,28)(H2,22,23,27)/t15-/m0/s1. The fraction of sp³-hybridized carbons (Fsp3) is 0.550. The number of nitrogens with zero attached hydrogens (tertiary/aromatic N) is 1. The third kappa shape index (κ3) is 7.61. The van der Waals surface area contributed by atoms with E-state index in [0.717, 1.165) is 12.8 Å². The summed E-state index contributed by atoms with van der Waals surface area (Å²) in [5.41, 5.74) is 1.25. The number of likely N-dealkylation sites (tertiary alicyclic amines) is 1. The van der Waals surface area contributed by atoms with Crippen molar-refractivity contribution in [3.63, 3.8) is 0 Å². The van der Waals surface area contributed by atoms with E-state index in [0.29, 0.717) is 37.6 Å². The Hall–Kier alpha value is -2.81. The molecule has 0 bridgehead atoms. The second kappa shape index (κ2) is 11.3. The number of methoxy groups -OCH3 is 1. The molecule has 29 heavy (non-hydrogen) atoms. The molecule has 0 aliphatic carbocycles.